The minimum atomic E-state index is -0.263. The van der Waals surface area contributed by atoms with Crippen molar-refractivity contribution >= 4 is 22.5 Å². The standard InChI is InChI=1S/C9H8N2.C9H17N.C7H8N2O/c10-8-4-1-5-9-7(8)3-2-6-11-9;1-2-6-9-8(4-1)5-3-7-10-9;8-9-7(10)6-4-2-1-3-5-6/h1-6H,10H2;8-10H,1-7H2;1-5H,8H2,(H,9,10). The molecule has 6 N–H and O–H groups in total. The van der Waals surface area contributed by atoms with Crippen LogP contribution in [0.25, 0.3) is 10.9 Å². The molecule has 2 aliphatic rings. The molecule has 3 aromatic rings. The molecule has 1 saturated heterocycles. The highest BCUT2D eigenvalue weighted by molar-refractivity contribution is 5.93. The van der Waals surface area contributed by atoms with Gasteiger partial charge in [0.1, 0.15) is 0 Å². The minimum Gasteiger partial charge on any atom is -0.398 e. The number of nitrogens with zero attached hydrogens (tertiary/aromatic N) is 1. The van der Waals surface area contributed by atoms with E-state index in [1.165, 1.54) is 45.1 Å². The number of amides is 1. The van der Waals surface area contributed by atoms with Crippen molar-refractivity contribution < 1.29 is 4.79 Å². The van der Waals surface area contributed by atoms with Gasteiger partial charge in [-0.15, -0.1) is 0 Å². The van der Waals surface area contributed by atoms with Crippen molar-refractivity contribution in [3.05, 3.63) is 72.4 Å². The normalized spacial score (nSPS) is 19.6. The van der Waals surface area contributed by atoms with Crippen LogP contribution in [0.15, 0.2) is 66.9 Å². The van der Waals surface area contributed by atoms with Gasteiger partial charge in [0.25, 0.3) is 5.91 Å². The molecule has 0 radical (unpaired) electrons. The molecular weight excluding hydrogens is 386 g/mol. The van der Waals surface area contributed by atoms with Gasteiger partial charge in [-0.1, -0.05) is 37.1 Å². The van der Waals surface area contributed by atoms with Crippen molar-refractivity contribution in [2.45, 2.75) is 44.6 Å². The predicted octanol–water partition coefficient (Wildman–Crippen LogP) is 4.04. The number of hydrazine groups is 1. The van der Waals surface area contributed by atoms with Crippen LogP contribution >= 0.6 is 0 Å². The van der Waals surface area contributed by atoms with Crippen LogP contribution in [0.2, 0.25) is 0 Å². The van der Waals surface area contributed by atoms with E-state index in [0.717, 1.165) is 28.6 Å². The molecule has 6 nitrogen and oxygen atoms in total. The third-order valence-corrected chi connectivity index (χ3v) is 5.91. The van der Waals surface area contributed by atoms with Crippen molar-refractivity contribution in [3.63, 3.8) is 0 Å². The van der Waals surface area contributed by atoms with Crippen molar-refractivity contribution in [2.24, 2.45) is 11.8 Å². The Hall–Kier alpha value is -2.96. The SMILES string of the molecule is C1CCC2NCCCC2C1.NNC(=O)c1ccccc1.Nc1cccc2ncccc12. The molecule has 164 valence electrons. The third-order valence-electron chi connectivity index (χ3n) is 5.91. The topological polar surface area (TPSA) is 106 Å². The lowest BCUT2D eigenvalue weighted by molar-refractivity contribution is 0.0953. The van der Waals surface area contributed by atoms with Gasteiger partial charge in [-0.25, -0.2) is 5.84 Å². The first-order chi connectivity index (χ1) is 15.2. The third kappa shape index (κ3) is 6.77. The molecule has 1 aromatic heterocycles. The number of aromatic nitrogens is 1. The summed E-state index contributed by atoms with van der Waals surface area (Å²) in [6, 6.07) is 19.3. The van der Waals surface area contributed by atoms with E-state index in [9.17, 15) is 4.79 Å². The van der Waals surface area contributed by atoms with Crippen LogP contribution in [0.5, 0.6) is 0 Å². The second kappa shape index (κ2) is 12.0. The predicted molar refractivity (Wildman–Crippen MR) is 127 cm³/mol. The van der Waals surface area contributed by atoms with E-state index in [4.69, 9.17) is 11.6 Å². The van der Waals surface area contributed by atoms with E-state index in [1.807, 2.05) is 41.8 Å². The van der Waals surface area contributed by atoms with E-state index < -0.39 is 0 Å². The molecule has 0 bridgehead atoms. The van der Waals surface area contributed by atoms with E-state index in [2.05, 4.69) is 10.3 Å². The van der Waals surface area contributed by atoms with Gasteiger partial charge in [0, 0.05) is 28.9 Å². The van der Waals surface area contributed by atoms with Crippen LogP contribution in [0.3, 0.4) is 0 Å². The lowest BCUT2D eigenvalue weighted by Crippen LogP contribution is -2.42. The number of rotatable bonds is 1. The maximum absolute atomic E-state index is 10.8. The van der Waals surface area contributed by atoms with Crippen molar-refractivity contribution in [1.82, 2.24) is 15.7 Å². The molecule has 2 aromatic carbocycles. The molecule has 6 heteroatoms. The number of nitrogens with one attached hydrogen (secondary N) is 2. The number of piperidine rings is 1. The summed E-state index contributed by atoms with van der Waals surface area (Å²) < 4.78 is 0. The van der Waals surface area contributed by atoms with Gasteiger partial charge in [0.2, 0.25) is 0 Å². The molecule has 1 aliphatic heterocycles. The number of fused-ring (bicyclic) bond motifs is 2. The van der Waals surface area contributed by atoms with Crippen LogP contribution in [0, 0.1) is 5.92 Å². The zero-order chi connectivity index (χ0) is 21.9. The van der Waals surface area contributed by atoms with Gasteiger partial charge >= 0.3 is 0 Å². The Morgan fingerprint density at radius 1 is 0.935 bits per heavy atom. The lowest BCUT2D eigenvalue weighted by Gasteiger charge is -2.36. The maximum Gasteiger partial charge on any atom is 0.265 e. The molecule has 1 saturated carbocycles. The average Bonchev–Trinajstić information content (AvgIpc) is 2.85. The Bertz CT molecular complexity index is 916. The molecule has 31 heavy (non-hydrogen) atoms. The number of nitrogens with two attached hydrogens (primary N) is 2. The van der Waals surface area contributed by atoms with E-state index in [0.29, 0.717) is 5.56 Å². The maximum atomic E-state index is 10.8. The highest BCUT2D eigenvalue weighted by atomic mass is 16.2. The minimum absolute atomic E-state index is 0.263. The van der Waals surface area contributed by atoms with Crippen LogP contribution in [0.1, 0.15) is 48.9 Å². The smallest absolute Gasteiger partial charge is 0.265 e. The fourth-order valence-electron chi connectivity index (χ4n) is 4.27. The van der Waals surface area contributed by atoms with Gasteiger partial charge in [-0.2, -0.15) is 0 Å². The Labute approximate surface area is 184 Å². The molecule has 2 heterocycles. The van der Waals surface area contributed by atoms with Crippen LogP contribution in [-0.4, -0.2) is 23.5 Å². The number of benzene rings is 2. The Kier molecular flexibility index (Phi) is 8.82. The van der Waals surface area contributed by atoms with Gasteiger partial charge in [-0.05, 0) is 74.5 Å². The summed E-state index contributed by atoms with van der Waals surface area (Å²) in [5, 5.41) is 4.64. The lowest BCUT2D eigenvalue weighted by atomic mass is 9.80. The quantitative estimate of drug-likeness (QED) is 0.206. The largest absolute Gasteiger partial charge is 0.398 e. The molecule has 2 atom stereocenters. The fraction of sp³-hybridized carbons (Fsp3) is 0.360. The number of hydrogen-bond donors (Lipinski definition) is 4. The van der Waals surface area contributed by atoms with Gasteiger partial charge < -0.3 is 11.1 Å². The number of carbonyl (C=O) groups excluding carboxylic acids is 1. The van der Waals surface area contributed by atoms with Gasteiger partial charge in [0.05, 0.1) is 5.52 Å². The Morgan fingerprint density at radius 2 is 1.71 bits per heavy atom. The number of pyridine rings is 1. The molecular formula is C25H33N5O. The fourth-order valence-corrected chi connectivity index (χ4v) is 4.27. The summed E-state index contributed by atoms with van der Waals surface area (Å²) >= 11 is 0. The zero-order valence-corrected chi connectivity index (χ0v) is 18.0. The first kappa shape index (κ1) is 22.7. The highest BCUT2D eigenvalue weighted by Gasteiger charge is 2.26. The van der Waals surface area contributed by atoms with Crippen molar-refractivity contribution in [1.29, 1.82) is 0 Å². The van der Waals surface area contributed by atoms with Crippen LogP contribution in [-0.2, 0) is 0 Å². The summed E-state index contributed by atoms with van der Waals surface area (Å²) in [5.41, 5.74) is 10.1. The van der Waals surface area contributed by atoms with Crippen LogP contribution in [0.4, 0.5) is 5.69 Å². The monoisotopic (exact) mass is 419 g/mol. The Morgan fingerprint density at radius 3 is 2.45 bits per heavy atom. The molecule has 2 unspecified atom stereocenters. The summed E-state index contributed by atoms with van der Waals surface area (Å²) in [4.78, 5) is 14.9. The van der Waals surface area contributed by atoms with Crippen molar-refractivity contribution in [3.8, 4) is 0 Å². The van der Waals surface area contributed by atoms with Gasteiger partial charge in [-0.3, -0.25) is 15.2 Å². The molecule has 1 aliphatic carbocycles. The number of anilines is 1. The summed E-state index contributed by atoms with van der Waals surface area (Å²) in [6.07, 6.45) is 10.6. The summed E-state index contributed by atoms with van der Waals surface area (Å²) in [6.45, 7) is 1.28. The first-order valence-electron chi connectivity index (χ1n) is 11.1. The number of carbonyl (C=O) groups is 1. The number of nitrogen functional groups attached to an aromatic ring is 2. The van der Waals surface area contributed by atoms with Gasteiger partial charge in [0.15, 0.2) is 0 Å². The van der Waals surface area contributed by atoms with E-state index in [1.54, 1.807) is 30.5 Å². The second-order valence-electron chi connectivity index (χ2n) is 8.00. The Balaban J connectivity index is 0.000000132. The molecule has 0 spiro atoms. The average molecular weight is 420 g/mol. The van der Waals surface area contributed by atoms with Crippen LogP contribution < -0.4 is 22.3 Å². The highest BCUT2D eigenvalue weighted by Crippen LogP contribution is 2.30. The van der Waals surface area contributed by atoms with E-state index in [-0.39, 0.29) is 5.91 Å². The molecule has 1 amide bonds. The number of hydrogen-bond acceptors (Lipinski definition) is 5. The summed E-state index contributed by atoms with van der Waals surface area (Å²) in [7, 11) is 0. The molecule has 5 rings (SSSR count). The second-order valence-corrected chi connectivity index (χ2v) is 8.00. The first-order valence-corrected chi connectivity index (χ1v) is 11.1. The van der Waals surface area contributed by atoms with Crippen molar-refractivity contribution in [2.75, 3.05) is 12.3 Å². The zero-order valence-electron chi connectivity index (χ0n) is 18.0. The summed E-state index contributed by atoms with van der Waals surface area (Å²) in [5.74, 6) is 5.69. The van der Waals surface area contributed by atoms with E-state index >= 15 is 0 Å². The molecule has 2 fully saturated rings.